The van der Waals surface area contributed by atoms with Gasteiger partial charge in [0.25, 0.3) is 11.8 Å². The molecule has 1 aromatic carbocycles. The van der Waals surface area contributed by atoms with Gasteiger partial charge in [-0.25, -0.2) is 0 Å². The van der Waals surface area contributed by atoms with Gasteiger partial charge in [-0.2, -0.15) is 5.10 Å². The Morgan fingerprint density at radius 2 is 1.81 bits per heavy atom. The van der Waals surface area contributed by atoms with E-state index in [-0.39, 0.29) is 18.7 Å². The number of benzene rings is 1. The lowest BCUT2D eigenvalue weighted by Gasteiger charge is -2.36. The Labute approximate surface area is 209 Å². The molecular weight excluding hydrogens is 460 g/mol. The number of piperidine rings is 1. The number of imide groups is 2. The number of nitrogens with one attached hydrogen (secondary N) is 1. The van der Waals surface area contributed by atoms with E-state index >= 15 is 0 Å². The molecule has 0 spiro atoms. The molecule has 0 saturated carbocycles. The van der Waals surface area contributed by atoms with E-state index in [1.807, 2.05) is 16.9 Å². The van der Waals surface area contributed by atoms with Crippen LogP contribution in [0, 0.1) is 12.3 Å². The number of hydrogen-bond donors (Lipinski definition) is 1. The topological polar surface area (TPSA) is 108 Å². The molecule has 0 radical (unpaired) electrons. The normalized spacial score (nSPS) is 20.5. The number of rotatable bonds is 7. The first-order valence-corrected chi connectivity index (χ1v) is 12.3. The lowest BCUT2D eigenvalue weighted by Crippen LogP contribution is -2.54. The maximum absolute atomic E-state index is 13.4. The number of terminal acetylenes is 1. The van der Waals surface area contributed by atoms with E-state index in [2.05, 4.69) is 26.1 Å². The third-order valence-corrected chi connectivity index (χ3v) is 7.07. The Balaban J connectivity index is 1.18. The van der Waals surface area contributed by atoms with Crippen LogP contribution in [0.15, 0.2) is 30.6 Å². The highest BCUT2D eigenvalue weighted by Crippen LogP contribution is 2.34. The van der Waals surface area contributed by atoms with Crippen molar-refractivity contribution >= 4 is 29.3 Å². The van der Waals surface area contributed by atoms with E-state index in [0.717, 1.165) is 68.3 Å². The summed E-state index contributed by atoms with van der Waals surface area (Å²) in [4.78, 5) is 55.9. The summed E-state index contributed by atoms with van der Waals surface area (Å²) in [6, 6.07) is 4.32. The van der Waals surface area contributed by atoms with E-state index < -0.39 is 23.8 Å². The quantitative estimate of drug-likeness (QED) is 0.350. The lowest BCUT2D eigenvalue weighted by atomic mass is 10.0. The van der Waals surface area contributed by atoms with Crippen LogP contribution >= 0.6 is 0 Å². The summed E-state index contributed by atoms with van der Waals surface area (Å²) in [7, 11) is 0. The number of hydrogen-bond acceptors (Lipinski definition) is 7. The van der Waals surface area contributed by atoms with Crippen molar-refractivity contribution in [3.8, 4) is 12.3 Å². The highest BCUT2D eigenvalue weighted by atomic mass is 16.2. The summed E-state index contributed by atoms with van der Waals surface area (Å²) in [6.07, 6.45) is 11.3. The first-order chi connectivity index (χ1) is 17.5. The van der Waals surface area contributed by atoms with Crippen molar-refractivity contribution in [3.05, 3.63) is 47.3 Å². The molecule has 4 amide bonds. The summed E-state index contributed by atoms with van der Waals surface area (Å²) in [5, 5.41) is 6.50. The van der Waals surface area contributed by atoms with Gasteiger partial charge in [0.2, 0.25) is 11.8 Å². The molecule has 2 saturated heterocycles. The molecule has 1 N–H and O–H groups in total. The predicted octanol–water partition coefficient (Wildman–Crippen LogP) is 0.868. The number of aryl methyl sites for hydroxylation is 1. The fourth-order valence-electron chi connectivity index (χ4n) is 5.14. The van der Waals surface area contributed by atoms with Crippen LogP contribution < -0.4 is 10.2 Å². The average molecular weight is 489 g/mol. The first-order valence-electron chi connectivity index (χ1n) is 12.3. The minimum absolute atomic E-state index is 0.104. The Kier molecular flexibility index (Phi) is 6.57. The van der Waals surface area contributed by atoms with Gasteiger partial charge < -0.3 is 4.90 Å². The summed E-state index contributed by atoms with van der Waals surface area (Å²) in [5.41, 5.74) is 2.18. The number of amides is 4. The van der Waals surface area contributed by atoms with E-state index in [1.165, 1.54) is 0 Å². The minimum atomic E-state index is -0.959. The zero-order valence-electron chi connectivity index (χ0n) is 20.0. The van der Waals surface area contributed by atoms with Gasteiger partial charge in [0.15, 0.2) is 0 Å². The van der Waals surface area contributed by atoms with Crippen molar-refractivity contribution in [1.82, 2.24) is 24.9 Å². The molecule has 1 atom stereocenters. The van der Waals surface area contributed by atoms with Crippen molar-refractivity contribution in [1.29, 1.82) is 0 Å². The number of carbonyl (C=O) groups excluding carboxylic acids is 4. The summed E-state index contributed by atoms with van der Waals surface area (Å²) in [5.74, 6) is 0.662. The summed E-state index contributed by atoms with van der Waals surface area (Å²) >= 11 is 0. The van der Waals surface area contributed by atoms with Gasteiger partial charge >= 0.3 is 0 Å². The molecule has 0 aliphatic carbocycles. The molecule has 2 aromatic rings. The van der Waals surface area contributed by atoms with Gasteiger partial charge in [-0.3, -0.25) is 39.0 Å². The smallest absolute Gasteiger partial charge is 0.264 e. The Bertz CT molecular complexity index is 1250. The van der Waals surface area contributed by atoms with Crippen LogP contribution in [0.3, 0.4) is 0 Å². The maximum Gasteiger partial charge on any atom is 0.264 e. The zero-order valence-corrected chi connectivity index (χ0v) is 20.0. The van der Waals surface area contributed by atoms with Gasteiger partial charge in [-0.05, 0) is 37.9 Å². The molecule has 5 rings (SSSR count). The zero-order chi connectivity index (χ0) is 25.2. The highest BCUT2D eigenvalue weighted by Gasteiger charge is 2.46. The molecule has 36 heavy (non-hydrogen) atoms. The molecule has 4 heterocycles. The molecule has 10 nitrogen and oxygen atoms in total. The van der Waals surface area contributed by atoms with Gasteiger partial charge in [0.05, 0.1) is 28.6 Å². The van der Waals surface area contributed by atoms with E-state index in [9.17, 15) is 19.2 Å². The second-order valence-corrected chi connectivity index (χ2v) is 9.32. The second kappa shape index (κ2) is 9.95. The largest absolute Gasteiger partial charge is 0.368 e. The molecule has 0 bridgehead atoms. The number of nitrogens with zero attached hydrogens (tertiary/aromatic N) is 5. The maximum atomic E-state index is 13.4. The Hall–Kier alpha value is -3.97. The highest BCUT2D eigenvalue weighted by molar-refractivity contribution is 6.25. The average Bonchev–Trinajstić information content (AvgIpc) is 3.45. The monoisotopic (exact) mass is 488 g/mol. The van der Waals surface area contributed by atoms with Gasteiger partial charge in [-0.1, -0.05) is 12.0 Å². The van der Waals surface area contributed by atoms with E-state index in [1.54, 1.807) is 18.3 Å². The minimum Gasteiger partial charge on any atom is -0.368 e. The number of unbranched alkanes of at least 4 members (excludes halogenated alkanes) is 1. The van der Waals surface area contributed by atoms with Crippen LogP contribution in [-0.2, 0) is 16.1 Å². The predicted molar refractivity (Wildman–Crippen MR) is 131 cm³/mol. The number of anilines is 1. The fraction of sp³-hybridized carbons (Fsp3) is 0.423. The molecule has 186 valence electrons. The Morgan fingerprint density at radius 1 is 1.03 bits per heavy atom. The molecule has 10 heteroatoms. The van der Waals surface area contributed by atoms with Crippen molar-refractivity contribution in [2.45, 2.75) is 38.3 Å². The van der Waals surface area contributed by atoms with Crippen LogP contribution in [0.5, 0.6) is 0 Å². The third-order valence-electron chi connectivity index (χ3n) is 7.07. The SMILES string of the molecule is C#Cc1cnn(CCCCN2CCN(c3cccc4c3C(=O)N(C3CCC(=O)NC3=O)C4=O)CC2)c1. The molecule has 2 fully saturated rings. The van der Waals surface area contributed by atoms with Crippen molar-refractivity contribution in [3.63, 3.8) is 0 Å². The van der Waals surface area contributed by atoms with Crippen LogP contribution in [0.25, 0.3) is 0 Å². The first kappa shape index (κ1) is 23.8. The fourth-order valence-corrected chi connectivity index (χ4v) is 5.14. The standard InChI is InChI=1S/C26H28N6O4/c1-2-18-16-27-31(17-18)11-4-3-10-29-12-14-30(15-13-29)20-7-5-6-19-23(20)26(36)32(25(19)35)21-8-9-22(33)28-24(21)34/h1,5-7,16-17,21H,3-4,8-15H2,(H,28,33,34). The van der Waals surface area contributed by atoms with Crippen molar-refractivity contribution in [2.24, 2.45) is 0 Å². The number of aromatic nitrogens is 2. The number of piperazine rings is 1. The van der Waals surface area contributed by atoms with Gasteiger partial charge in [0, 0.05) is 45.3 Å². The third kappa shape index (κ3) is 4.50. The lowest BCUT2D eigenvalue weighted by molar-refractivity contribution is -0.136. The van der Waals surface area contributed by atoms with Crippen molar-refractivity contribution < 1.29 is 19.2 Å². The second-order valence-electron chi connectivity index (χ2n) is 9.32. The Morgan fingerprint density at radius 3 is 2.53 bits per heavy atom. The molecule has 3 aliphatic rings. The van der Waals surface area contributed by atoms with Crippen LogP contribution in [0.2, 0.25) is 0 Å². The summed E-state index contributed by atoms with van der Waals surface area (Å²) < 4.78 is 1.87. The molecular formula is C26H28N6O4. The van der Waals surface area contributed by atoms with Gasteiger partial charge in [0.1, 0.15) is 6.04 Å². The molecule has 1 aromatic heterocycles. The van der Waals surface area contributed by atoms with E-state index in [0.29, 0.717) is 11.1 Å². The van der Waals surface area contributed by atoms with E-state index in [4.69, 9.17) is 6.42 Å². The van der Waals surface area contributed by atoms with Gasteiger partial charge in [-0.15, -0.1) is 6.42 Å². The number of fused-ring (bicyclic) bond motifs is 1. The number of carbonyl (C=O) groups is 4. The molecule has 1 unspecified atom stereocenters. The van der Waals surface area contributed by atoms with Crippen LogP contribution in [0.4, 0.5) is 5.69 Å². The van der Waals surface area contributed by atoms with Crippen molar-refractivity contribution in [2.75, 3.05) is 37.6 Å². The van der Waals surface area contributed by atoms with Crippen LogP contribution in [-0.4, -0.2) is 82.0 Å². The molecule has 3 aliphatic heterocycles. The summed E-state index contributed by atoms with van der Waals surface area (Å²) in [6.45, 7) is 4.99. The van der Waals surface area contributed by atoms with Crippen LogP contribution in [0.1, 0.15) is 52.0 Å².